The fourth-order valence-electron chi connectivity index (χ4n) is 1.75. The Labute approximate surface area is 94.8 Å². The van der Waals surface area contributed by atoms with Crippen molar-refractivity contribution in [3.8, 4) is 11.5 Å². The first-order chi connectivity index (χ1) is 7.85. The van der Waals surface area contributed by atoms with E-state index >= 15 is 0 Å². The maximum absolute atomic E-state index is 9.25. The molecular weight excluding hydrogens is 208 g/mol. The number of benzene rings is 1. The predicted octanol–water partition coefficient (Wildman–Crippen LogP) is 1.36. The van der Waals surface area contributed by atoms with Crippen LogP contribution in [0.1, 0.15) is 12.0 Å². The lowest BCUT2D eigenvalue weighted by Gasteiger charge is -2.17. The van der Waals surface area contributed by atoms with Crippen molar-refractivity contribution in [2.45, 2.75) is 19.1 Å². The highest BCUT2D eigenvalue weighted by Gasteiger charge is 2.20. The first-order valence-electron chi connectivity index (χ1n) is 5.36. The van der Waals surface area contributed by atoms with Crippen molar-refractivity contribution in [3.63, 3.8) is 0 Å². The molecule has 0 bridgehead atoms. The Morgan fingerprint density at radius 1 is 1.50 bits per heavy atom. The SMILES string of the molecule is COc1cccc(CO)c1OC1CCOC1. The maximum Gasteiger partial charge on any atom is 0.167 e. The Morgan fingerprint density at radius 2 is 2.38 bits per heavy atom. The van der Waals surface area contributed by atoms with E-state index < -0.39 is 0 Å². The molecule has 0 amide bonds. The van der Waals surface area contributed by atoms with Crippen LogP contribution in [0.2, 0.25) is 0 Å². The zero-order valence-corrected chi connectivity index (χ0v) is 9.31. The molecule has 0 radical (unpaired) electrons. The minimum atomic E-state index is -0.0554. The molecule has 0 aliphatic carbocycles. The van der Waals surface area contributed by atoms with Gasteiger partial charge in [0.2, 0.25) is 0 Å². The molecular formula is C12H16O4. The van der Waals surface area contributed by atoms with Gasteiger partial charge >= 0.3 is 0 Å². The van der Waals surface area contributed by atoms with Crippen molar-refractivity contribution in [1.82, 2.24) is 0 Å². The number of aliphatic hydroxyl groups is 1. The Hall–Kier alpha value is -1.26. The van der Waals surface area contributed by atoms with Gasteiger partial charge in [-0.15, -0.1) is 0 Å². The molecule has 1 heterocycles. The molecule has 1 aromatic rings. The molecule has 1 aliphatic heterocycles. The van der Waals surface area contributed by atoms with Gasteiger partial charge in [0.25, 0.3) is 0 Å². The van der Waals surface area contributed by atoms with Gasteiger partial charge < -0.3 is 19.3 Å². The van der Waals surface area contributed by atoms with E-state index in [0.29, 0.717) is 18.1 Å². The summed E-state index contributed by atoms with van der Waals surface area (Å²) < 4.78 is 16.3. The van der Waals surface area contributed by atoms with Crippen LogP contribution in [-0.4, -0.2) is 31.5 Å². The van der Waals surface area contributed by atoms with E-state index in [9.17, 15) is 5.11 Å². The second-order valence-electron chi connectivity index (χ2n) is 3.71. The summed E-state index contributed by atoms with van der Waals surface area (Å²) in [5.41, 5.74) is 0.742. The summed E-state index contributed by atoms with van der Waals surface area (Å²) in [6.45, 7) is 1.28. The third-order valence-electron chi connectivity index (χ3n) is 2.62. The highest BCUT2D eigenvalue weighted by molar-refractivity contribution is 5.46. The molecule has 1 N–H and O–H groups in total. The Balaban J connectivity index is 2.21. The average Bonchev–Trinajstić information content (AvgIpc) is 2.82. The fraction of sp³-hybridized carbons (Fsp3) is 0.500. The van der Waals surface area contributed by atoms with Gasteiger partial charge in [-0.05, 0) is 6.07 Å². The lowest BCUT2D eigenvalue weighted by Crippen LogP contribution is -2.17. The van der Waals surface area contributed by atoms with Gasteiger partial charge in [0.1, 0.15) is 6.10 Å². The summed E-state index contributed by atoms with van der Waals surface area (Å²) in [7, 11) is 1.59. The molecule has 1 aromatic carbocycles. The lowest BCUT2D eigenvalue weighted by atomic mass is 10.2. The summed E-state index contributed by atoms with van der Waals surface area (Å²) in [5, 5.41) is 9.25. The topological polar surface area (TPSA) is 47.9 Å². The molecule has 88 valence electrons. The van der Waals surface area contributed by atoms with Crippen LogP contribution in [0.5, 0.6) is 11.5 Å². The van der Waals surface area contributed by atoms with Crippen LogP contribution in [0, 0.1) is 0 Å². The van der Waals surface area contributed by atoms with Crippen LogP contribution in [-0.2, 0) is 11.3 Å². The standard InChI is InChI=1S/C12H16O4/c1-14-11-4-2-3-9(7-13)12(11)16-10-5-6-15-8-10/h2-4,10,13H,5-8H2,1H3. The number of aliphatic hydroxyl groups excluding tert-OH is 1. The number of methoxy groups -OCH3 is 1. The van der Waals surface area contributed by atoms with Crippen molar-refractivity contribution in [2.24, 2.45) is 0 Å². The number of rotatable bonds is 4. The molecule has 0 spiro atoms. The Bertz CT molecular complexity index is 323. The average molecular weight is 224 g/mol. The van der Waals surface area contributed by atoms with Crippen LogP contribution in [0.25, 0.3) is 0 Å². The smallest absolute Gasteiger partial charge is 0.167 e. The molecule has 1 unspecified atom stereocenters. The van der Waals surface area contributed by atoms with Gasteiger partial charge in [-0.1, -0.05) is 12.1 Å². The molecule has 1 atom stereocenters. The van der Waals surface area contributed by atoms with Gasteiger partial charge in [0.05, 0.1) is 26.9 Å². The Morgan fingerprint density at radius 3 is 3.00 bits per heavy atom. The highest BCUT2D eigenvalue weighted by atomic mass is 16.6. The zero-order chi connectivity index (χ0) is 11.4. The summed E-state index contributed by atoms with van der Waals surface area (Å²) in [6.07, 6.45) is 0.935. The molecule has 1 saturated heterocycles. The number of hydrogen-bond acceptors (Lipinski definition) is 4. The number of ether oxygens (including phenoxy) is 3. The quantitative estimate of drug-likeness (QED) is 0.838. The van der Waals surface area contributed by atoms with Crippen molar-refractivity contribution in [2.75, 3.05) is 20.3 Å². The third-order valence-corrected chi connectivity index (χ3v) is 2.62. The molecule has 0 saturated carbocycles. The normalized spacial score (nSPS) is 19.8. The highest BCUT2D eigenvalue weighted by Crippen LogP contribution is 2.32. The molecule has 0 aromatic heterocycles. The molecule has 4 heteroatoms. The molecule has 1 fully saturated rings. The van der Waals surface area contributed by atoms with E-state index in [1.54, 1.807) is 7.11 Å². The van der Waals surface area contributed by atoms with Crippen LogP contribution in [0.3, 0.4) is 0 Å². The van der Waals surface area contributed by atoms with Crippen LogP contribution >= 0.6 is 0 Å². The fourth-order valence-corrected chi connectivity index (χ4v) is 1.75. The summed E-state index contributed by atoms with van der Waals surface area (Å²) in [4.78, 5) is 0. The largest absolute Gasteiger partial charge is 0.493 e. The van der Waals surface area contributed by atoms with Crippen molar-refractivity contribution >= 4 is 0 Å². The zero-order valence-electron chi connectivity index (χ0n) is 9.31. The molecule has 1 aliphatic rings. The van der Waals surface area contributed by atoms with Crippen molar-refractivity contribution in [3.05, 3.63) is 23.8 Å². The minimum Gasteiger partial charge on any atom is -0.493 e. The summed E-state index contributed by atoms with van der Waals surface area (Å²) >= 11 is 0. The first kappa shape index (κ1) is 11.2. The minimum absolute atomic E-state index is 0.0554. The molecule has 2 rings (SSSR count). The summed E-state index contributed by atoms with van der Waals surface area (Å²) in [6, 6.07) is 5.49. The van der Waals surface area contributed by atoms with Gasteiger partial charge in [-0.2, -0.15) is 0 Å². The van der Waals surface area contributed by atoms with Crippen molar-refractivity contribution < 1.29 is 19.3 Å². The van der Waals surface area contributed by atoms with Crippen LogP contribution < -0.4 is 9.47 Å². The second kappa shape index (κ2) is 5.18. The van der Waals surface area contributed by atoms with Gasteiger partial charge in [0, 0.05) is 12.0 Å². The predicted molar refractivity (Wildman–Crippen MR) is 58.8 cm³/mol. The van der Waals surface area contributed by atoms with Gasteiger partial charge in [0.15, 0.2) is 11.5 Å². The van der Waals surface area contributed by atoms with E-state index in [2.05, 4.69) is 0 Å². The van der Waals surface area contributed by atoms with Crippen LogP contribution in [0.15, 0.2) is 18.2 Å². The molecule has 16 heavy (non-hydrogen) atoms. The molecule has 4 nitrogen and oxygen atoms in total. The van der Waals surface area contributed by atoms with Gasteiger partial charge in [-0.25, -0.2) is 0 Å². The van der Waals surface area contributed by atoms with Gasteiger partial charge in [-0.3, -0.25) is 0 Å². The second-order valence-corrected chi connectivity index (χ2v) is 3.71. The monoisotopic (exact) mass is 224 g/mol. The summed E-state index contributed by atoms with van der Waals surface area (Å²) in [5.74, 6) is 1.28. The van der Waals surface area contributed by atoms with E-state index in [0.717, 1.165) is 18.6 Å². The lowest BCUT2D eigenvalue weighted by molar-refractivity contribution is 0.136. The maximum atomic E-state index is 9.25. The van der Waals surface area contributed by atoms with E-state index in [1.165, 1.54) is 0 Å². The third kappa shape index (κ3) is 2.28. The van der Waals surface area contributed by atoms with E-state index in [1.807, 2.05) is 18.2 Å². The first-order valence-corrected chi connectivity index (χ1v) is 5.36. The van der Waals surface area contributed by atoms with Crippen LogP contribution in [0.4, 0.5) is 0 Å². The van der Waals surface area contributed by atoms with E-state index in [-0.39, 0.29) is 12.7 Å². The van der Waals surface area contributed by atoms with Crippen molar-refractivity contribution in [1.29, 1.82) is 0 Å². The number of hydrogen-bond donors (Lipinski definition) is 1. The Kier molecular flexibility index (Phi) is 3.64. The van der Waals surface area contributed by atoms with E-state index in [4.69, 9.17) is 14.2 Å². The number of para-hydroxylation sites is 1.